The molecular weight excluding hydrogens is 364 g/mol. The summed E-state index contributed by atoms with van der Waals surface area (Å²) in [5.74, 6) is -0.218. The number of amides is 1. The minimum absolute atomic E-state index is 0.0731. The summed E-state index contributed by atoms with van der Waals surface area (Å²) in [6, 6.07) is 8.63. The van der Waals surface area contributed by atoms with Crippen molar-refractivity contribution in [3.63, 3.8) is 0 Å². The Balaban J connectivity index is 1.55. The zero-order chi connectivity index (χ0) is 18.8. The van der Waals surface area contributed by atoms with Gasteiger partial charge in [-0.25, -0.2) is 9.97 Å². The van der Waals surface area contributed by atoms with Crippen LogP contribution in [0.15, 0.2) is 42.0 Å². The van der Waals surface area contributed by atoms with E-state index in [-0.39, 0.29) is 18.4 Å². The van der Waals surface area contributed by atoms with Gasteiger partial charge in [-0.3, -0.25) is 9.59 Å². The normalized spacial score (nSPS) is 16.6. The molecule has 27 heavy (non-hydrogen) atoms. The monoisotopic (exact) mass is 382 g/mol. The van der Waals surface area contributed by atoms with Crippen LogP contribution in [0.4, 0.5) is 11.5 Å². The number of carboxylic acid groups (broad SMARTS) is 1. The fourth-order valence-electron chi connectivity index (χ4n) is 3.46. The first-order valence-electron chi connectivity index (χ1n) is 8.68. The zero-order valence-electron chi connectivity index (χ0n) is 14.5. The van der Waals surface area contributed by atoms with Crippen LogP contribution in [0.5, 0.6) is 0 Å². The predicted octanol–water partition coefficient (Wildman–Crippen LogP) is 2.93. The first-order valence-corrected chi connectivity index (χ1v) is 9.56. The van der Waals surface area contributed by atoms with Crippen LogP contribution in [0, 0.1) is 0 Å². The molecule has 1 aliphatic heterocycles. The van der Waals surface area contributed by atoms with E-state index in [1.807, 2.05) is 16.3 Å². The Hall–Kier alpha value is -3.00. The molecule has 1 fully saturated rings. The van der Waals surface area contributed by atoms with E-state index in [0.717, 1.165) is 35.4 Å². The highest BCUT2D eigenvalue weighted by Gasteiger charge is 2.32. The third kappa shape index (κ3) is 3.61. The van der Waals surface area contributed by atoms with Crippen LogP contribution >= 0.6 is 11.3 Å². The van der Waals surface area contributed by atoms with Gasteiger partial charge in [0.1, 0.15) is 23.0 Å². The summed E-state index contributed by atoms with van der Waals surface area (Å²) in [6.07, 6.45) is 3.12. The first kappa shape index (κ1) is 17.4. The zero-order valence-corrected chi connectivity index (χ0v) is 15.3. The van der Waals surface area contributed by atoms with Crippen molar-refractivity contribution in [3.05, 3.63) is 47.6 Å². The van der Waals surface area contributed by atoms with Crippen molar-refractivity contribution >= 4 is 44.9 Å². The number of aliphatic carboxylic acids is 1. The van der Waals surface area contributed by atoms with Gasteiger partial charge in [0.15, 0.2) is 0 Å². The van der Waals surface area contributed by atoms with E-state index in [2.05, 4.69) is 15.3 Å². The fraction of sp³-hybridized carbons (Fsp3) is 0.263. The second-order valence-electron chi connectivity index (χ2n) is 6.45. The minimum atomic E-state index is -0.899. The Bertz CT molecular complexity index is 1000. The summed E-state index contributed by atoms with van der Waals surface area (Å²) in [5, 5.41) is 14.8. The number of carbonyl (C=O) groups is 2. The molecule has 0 saturated carbocycles. The molecule has 1 aliphatic rings. The van der Waals surface area contributed by atoms with Crippen LogP contribution in [0.2, 0.25) is 0 Å². The number of nitrogens with zero attached hydrogens (tertiary/aromatic N) is 3. The van der Waals surface area contributed by atoms with E-state index in [1.54, 1.807) is 35.6 Å². The topological polar surface area (TPSA) is 95.4 Å². The van der Waals surface area contributed by atoms with E-state index in [9.17, 15) is 9.59 Å². The van der Waals surface area contributed by atoms with Crippen LogP contribution in [0.3, 0.4) is 0 Å². The number of fused-ring (bicyclic) bond motifs is 1. The molecule has 8 heteroatoms. The number of carbonyl (C=O) groups excluding carboxylic acids is 1. The Morgan fingerprint density at radius 3 is 3.04 bits per heavy atom. The number of hydrogen-bond donors (Lipinski definition) is 2. The second-order valence-corrected chi connectivity index (χ2v) is 7.34. The summed E-state index contributed by atoms with van der Waals surface area (Å²) >= 11 is 1.55. The molecule has 1 saturated heterocycles. The Kier molecular flexibility index (Phi) is 4.72. The standard InChI is InChI=1S/C19H18N4O3S/c24-16(25)10-12-3-1-4-13(9-12)22-18(26)15-5-2-7-23(15)17-14-6-8-27-19(14)21-11-20-17/h1,3-4,6,8-9,11,15H,2,5,7,10H2,(H,22,26)(H,24,25). The number of aromatic nitrogens is 2. The fourth-order valence-corrected chi connectivity index (χ4v) is 4.19. The lowest BCUT2D eigenvalue weighted by molar-refractivity contribution is -0.136. The van der Waals surface area contributed by atoms with Crippen molar-refractivity contribution in [2.45, 2.75) is 25.3 Å². The van der Waals surface area contributed by atoms with Gasteiger partial charge in [-0.1, -0.05) is 12.1 Å². The lowest BCUT2D eigenvalue weighted by Crippen LogP contribution is -2.40. The van der Waals surface area contributed by atoms with Crippen molar-refractivity contribution in [1.82, 2.24) is 9.97 Å². The van der Waals surface area contributed by atoms with Gasteiger partial charge in [-0.2, -0.15) is 0 Å². The lowest BCUT2D eigenvalue weighted by Gasteiger charge is -2.25. The van der Waals surface area contributed by atoms with E-state index < -0.39 is 5.97 Å². The average molecular weight is 382 g/mol. The molecule has 0 bridgehead atoms. The Labute approximate surface area is 159 Å². The van der Waals surface area contributed by atoms with Crippen LogP contribution < -0.4 is 10.2 Å². The molecule has 3 heterocycles. The molecule has 2 N–H and O–H groups in total. The van der Waals surface area contributed by atoms with Gasteiger partial charge in [-0.15, -0.1) is 11.3 Å². The Morgan fingerprint density at radius 2 is 2.19 bits per heavy atom. The van der Waals surface area contributed by atoms with Crippen LogP contribution in [-0.2, 0) is 16.0 Å². The maximum Gasteiger partial charge on any atom is 0.307 e. The highest BCUT2D eigenvalue weighted by molar-refractivity contribution is 7.16. The van der Waals surface area contributed by atoms with Gasteiger partial charge in [0.05, 0.1) is 11.8 Å². The molecule has 1 unspecified atom stereocenters. The van der Waals surface area contributed by atoms with E-state index in [1.165, 1.54) is 6.33 Å². The summed E-state index contributed by atoms with van der Waals surface area (Å²) < 4.78 is 0. The van der Waals surface area contributed by atoms with E-state index in [0.29, 0.717) is 11.3 Å². The largest absolute Gasteiger partial charge is 0.481 e. The quantitative estimate of drug-likeness (QED) is 0.704. The highest BCUT2D eigenvalue weighted by Crippen LogP contribution is 2.32. The van der Waals surface area contributed by atoms with Gasteiger partial charge in [0, 0.05) is 12.2 Å². The molecule has 1 aromatic carbocycles. The van der Waals surface area contributed by atoms with Crippen LogP contribution in [-0.4, -0.2) is 39.5 Å². The number of benzene rings is 1. The molecule has 2 aromatic heterocycles. The highest BCUT2D eigenvalue weighted by atomic mass is 32.1. The number of rotatable bonds is 5. The molecule has 7 nitrogen and oxygen atoms in total. The number of nitrogens with one attached hydrogen (secondary N) is 1. The first-order chi connectivity index (χ1) is 13.1. The number of hydrogen-bond acceptors (Lipinski definition) is 6. The number of thiophene rings is 1. The average Bonchev–Trinajstić information content (AvgIpc) is 3.30. The summed E-state index contributed by atoms with van der Waals surface area (Å²) in [6.45, 7) is 0.763. The molecule has 3 aromatic rings. The van der Waals surface area contributed by atoms with Gasteiger partial charge in [0.25, 0.3) is 0 Å². The molecule has 0 radical (unpaired) electrons. The summed E-state index contributed by atoms with van der Waals surface area (Å²) in [4.78, 5) is 35.4. The molecule has 4 rings (SSSR count). The summed E-state index contributed by atoms with van der Waals surface area (Å²) in [5.41, 5.74) is 1.26. The van der Waals surface area contributed by atoms with E-state index >= 15 is 0 Å². The van der Waals surface area contributed by atoms with Crippen molar-refractivity contribution in [1.29, 1.82) is 0 Å². The third-order valence-electron chi connectivity index (χ3n) is 4.62. The lowest BCUT2D eigenvalue weighted by atomic mass is 10.1. The maximum atomic E-state index is 12.9. The summed E-state index contributed by atoms with van der Waals surface area (Å²) in [7, 11) is 0. The predicted molar refractivity (Wildman–Crippen MR) is 104 cm³/mol. The minimum Gasteiger partial charge on any atom is -0.481 e. The molecule has 138 valence electrons. The van der Waals surface area contributed by atoms with Crippen LogP contribution in [0.25, 0.3) is 10.2 Å². The number of anilines is 2. The molecule has 0 aliphatic carbocycles. The van der Waals surface area contributed by atoms with Crippen LogP contribution in [0.1, 0.15) is 18.4 Å². The second kappa shape index (κ2) is 7.32. The third-order valence-corrected chi connectivity index (χ3v) is 5.44. The van der Waals surface area contributed by atoms with Crippen molar-refractivity contribution in [2.24, 2.45) is 0 Å². The van der Waals surface area contributed by atoms with E-state index in [4.69, 9.17) is 5.11 Å². The molecular formula is C19H18N4O3S. The molecule has 1 amide bonds. The van der Waals surface area contributed by atoms with Crippen molar-refractivity contribution < 1.29 is 14.7 Å². The van der Waals surface area contributed by atoms with Gasteiger partial charge < -0.3 is 15.3 Å². The smallest absolute Gasteiger partial charge is 0.307 e. The SMILES string of the molecule is O=C(O)Cc1cccc(NC(=O)C2CCCN2c2ncnc3sccc23)c1. The number of carboxylic acids is 1. The van der Waals surface area contributed by atoms with Gasteiger partial charge in [-0.05, 0) is 42.0 Å². The van der Waals surface area contributed by atoms with Gasteiger partial charge >= 0.3 is 5.97 Å². The Morgan fingerprint density at radius 1 is 1.30 bits per heavy atom. The van der Waals surface area contributed by atoms with Gasteiger partial charge in [0.2, 0.25) is 5.91 Å². The van der Waals surface area contributed by atoms with Crippen molar-refractivity contribution in [2.75, 3.05) is 16.8 Å². The van der Waals surface area contributed by atoms with Crippen molar-refractivity contribution in [3.8, 4) is 0 Å². The maximum absolute atomic E-state index is 12.9. The molecule has 1 atom stereocenters. The molecule has 0 spiro atoms.